The Balaban J connectivity index is 2.50. The third-order valence-electron chi connectivity index (χ3n) is 3.22. The van der Waals surface area contributed by atoms with E-state index in [-0.39, 0.29) is 6.04 Å². The molecule has 18 heavy (non-hydrogen) atoms. The van der Waals surface area contributed by atoms with Crippen LogP contribution in [-0.4, -0.2) is 31.1 Å². The van der Waals surface area contributed by atoms with Crippen molar-refractivity contribution in [1.82, 2.24) is 10.2 Å². The summed E-state index contributed by atoms with van der Waals surface area (Å²) in [5.74, 6) is 0. The van der Waals surface area contributed by atoms with Crippen LogP contribution in [0.1, 0.15) is 32.4 Å². The fraction of sp³-hybridized carbons (Fsp3) is 0.571. The summed E-state index contributed by atoms with van der Waals surface area (Å²) in [6, 6.07) is 6.35. The Morgan fingerprint density at radius 3 is 2.50 bits per heavy atom. The summed E-state index contributed by atoms with van der Waals surface area (Å²) in [6.07, 6.45) is 0. The molecule has 0 saturated carbocycles. The lowest BCUT2D eigenvalue weighted by Gasteiger charge is -2.23. The van der Waals surface area contributed by atoms with E-state index in [4.69, 9.17) is 23.2 Å². The zero-order valence-corrected chi connectivity index (χ0v) is 13.0. The highest BCUT2D eigenvalue weighted by molar-refractivity contribution is 6.33. The van der Waals surface area contributed by atoms with Crippen LogP contribution >= 0.6 is 23.2 Å². The van der Waals surface area contributed by atoms with Gasteiger partial charge in [0.2, 0.25) is 0 Å². The molecule has 0 amide bonds. The molecule has 0 aliphatic heterocycles. The van der Waals surface area contributed by atoms with Gasteiger partial charge in [0.05, 0.1) is 0 Å². The standard InChI is InChI=1S/C14H22Cl2N2/c1-10(2)18(4)8-7-17-11(3)13-9-12(15)5-6-14(13)16/h5-6,9-11,17H,7-8H2,1-4H3. The molecule has 0 bridgehead atoms. The minimum absolute atomic E-state index is 0.205. The molecule has 0 saturated heterocycles. The SMILES string of the molecule is CC(NCCN(C)C(C)C)c1cc(Cl)ccc1Cl. The van der Waals surface area contributed by atoms with Gasteiger partial charge in [0, 0.05) is 35.2 Å². The first-order valence-corrected chi connectivity index (χ1v) is 7.06. The van der Waals surface area contributed by atoms with Gasteiger partial charge < -0.3 is 10.2 Å². The molecular weight excluding hydrogens is 267 g/mol. The van der Waals surface area contributed by atoms with Crippen molar-refractivity contribution in [2.24, 2.45) is 0 Å². The molecule has 1 rings (SSSR count). The zero-order chi connectivity index (χ0) is 13.7. The normalized spacial score (nSPS) is 13.3. The highest BCUT2D eigenvalue weighted by atomic mass is 35.5. The van der Waals surface area contributed by atoms with Crippen LogP contribution in [0, 0.1) is 0 Å². The van der Waals surface area contributed by atoms with E-state index in [1.54, 1.807) is 0 Å². The van der Waals surface area contributed by atoms with Gasteiger partial charge >= 0.3 is 0 Å². The van der Waals surface area contributed by atoms with Crippen LogP contribution in [0.3, 0.4) is 0 Å². The van der Waals surface area contributed by atoms with Gasteiger partial charge in [0.15, 0.2) is 0 Å². The molecule has 0 fully saturated rings. The van der Waals surface area contributed by atoms with Crippen LogP contribution in [-0.2, 0) is 0 Å². The lowest BCUT2D eigenvalue weighted by molar-refractivity contribution is 0.270. The summed E-state index contributed by atoms with van der Waals surface area (Å²) in [7, 11) is 2.13. The number of hydrogen-bond acceptors (Lipinski definition) is 2. The minimum atomic E-state index is 0.205. The number of benzene rings is 1. The quantitative estimate of drug-likeness (QED) is 0.852. The lowest BCUT2D eigenvalue weighted by atomic mass is 10.1. The maximum Gasteiger partial charge on any atom is 0.0454 e. The van der Waals surface area contributed by atoms with E-state index in [2.05, 4.69) is 38.0 Å². The van der Waals surface area contributed by atoms with E-state index in [0.717, 1.165) is 28.7 Å². The molecule has 1 aromatic carbocycles. The first kappa shape index (κ1) is 15.8. The molecule has 0 aromatic heterocycles. The number of halogens is 2. The maximum atomic E-state index is 6.17. The number of rotatable bonds is 6. The molecule has 0 aliphatic carbocycles. The second kappa shape index (κ2) is 7.34. The Bertz CT molecular complexity index is 380. The Morgan fingerprint density at radius 1 is 1.22 bits per heavy atom. The number of hydrogen-bond donors (Lipinski definition) is 1. The first-order valence-electron chi connectivity index (χ1n) is 6.30. The van der Waals surface area contributed by atoms with Crippen LogP contribution in [0.5, 0.6) is 0 Å². The Morgan fingerprint density at radius 2 is 1.89 bits per heavy atom. The average Bonchev–Trinajstić information content (AvgIpc) is 2.31. The summed E-state index contributed by atoms with van der Waals surface area (Å²) in [6.45, 7) is 8.43. The summed E-state index contributed by atoms with van der Waals surface area (Å²) in [5, 5.41) is 4.95. The summed E-state index contributed by atoms with van der Waals surface area (Å²) >= 11 is 12.2. The van der Waals surface area contributed by atoms with Crippen LogP contribution in [0.4, 0.5) is 0 Å². The van der Waals surface area contributed by atoms with Crippen molar-refractivity contribution in [2.45, 2.75) is 32.9 Å². The smallest absolute Gasteiger partial charge is 0.0454 e. The van der Waals surface area contributed by atoms with Crippen molar-refractivity contribution in [1.29, 1.82) is 0 Å². The summed E-state index contributed by atoms with van der Waals surface area (Å²) in [5.41, 5.74) is 1.05. The van der Waals surface area contributed by atoms with Crippen LogP contribution < -0.4 is 5.32 Å². The summed E-state index contributed by atoms with van der Waals surface area (Å²) < 4.78 is 0. The van der Waals surface area contributed by atoms with Gasteiger partial charge in [-0.25, -0.2) is 0 Å². The van der Waals surface area contributed by atoms with Gasteiger partial charge in [-0.2, -0.15) is 0 Å². The molecule has 0 heterocycles. The molecular formula is C14H22Cl2N2. The van der Waals surface area contributed by atoms with Gasteiger partial charge in [-0.3, -0.25) is 0 Å². The van der Waals surface area contributed by atoms with Gasteiger partial charge in [-0.05, 0) is 51.6 Å². The Kier molecular flexibility index (Phi) is 6.44. The molecule has 0 aliphatic rings. The van der Waals surface area contributed by atoms with E-state index in [1.165, 1.54) is 0 Å². The van der Waals surface area contributed by atoms with Crippen LogP contribution in [0.25, 0.3) is 0 Å². The van der Waals surface area contributed by atoms with Crippen LogP contribution in [0.2, 0.25) is 10.0 Å². The van der Waals surface area contributed by atoms with Crippen molar-refractivity contribution in [2.75, 3.05) is 20.1 Å². The fourth-order valence-corrected chi connectivity index (χ4v) is 2.13. The van der Waals surface area contributed by atoms with Crippen molar-refractivity contribution in [3.63, 3.8) is 0 Å². The third-order valence-corrected chi connectivity index (χ3v) is 3.80. The predicted octanol–water partition coefficient (Wildman–Crippen LogP) is 3.98. The number of nitrogens with zero attached hydrogens (tertiary/aromatic N) is 1. The molecule has 1 aromatic rings. The molecule has 0 spiro atoms. The Hall–Kier alpha value is -0.280. The predicted molar refractivity (Wildman–Crippen MR) is 80.6 cm³/mol. The number of nitrogens with one attached hydrogen (secondary N) is 1. The second-order valence-corrected chi connectivity index (χ2v) is 5.76. The number of likely N-dealkylation sites (N-methyl/N-ethyl adjacent to an activating group) is 1. The fourth-order valence-electron chi connectivity index (χ4n) is 1.67. The molecule has 4 heteroatoms. The maximum absolute atomic E-state index is 6.17. The largest absolute Gasteiger partial charge is 0.309 e. The van der Waals surface area contributed by atoms with Crippen molar-refractivity contribution in [3.05, 3.63) is 33.8 Å². The van der Waals surface area contributed by atoms with Crippen LogP contribution in [0.15, 0.2) is 18.2 Å². The van der Waals surface area contributed by atoms with E-state index < -0.39 is 0 Å². The van der Waals surface area contributed by atoms with Gasteiger partial charge in [-0.15, -0.1) is 0 Å². The van der Waals surface area contributed by atoms with Crippen molar-refractivity contribution >= 4 is 23.2 Å². The second-order valence-electron chi connectivity index (χ2n) is 4.92. The molecule has 2 nitrogen and oxygen atoms in total. The molecule has 1 N–H and O–H groups in total. The van der Waals surface area contributed by atoms with Gasteiger partial charge in [0.1, 0.15) is 0 Å². The van der Waals surface area contributed by atoms with E-state index in [1.807, 2.05) is 18.2 Å². The highest BCUT2D eigenvalue weighted by Crippen LogP contribution is 2.25. The monoisotopic (exact) mass is 288 g/mol. The molecule has 102 valence electrons. The lowest BCUT2D eigenvalue weighted by Crippen LogP contribution is -2.34. The summed E-state index contributed by atoms with van der Waals surface area (Å²) in [4.78, 5) is 2.30. The van der Waals surface area contributed by atoms with Gasteiger partial charge in [0.25, 0.3) is 0 Å². The molecule has 0 radical (unpaired) electrons. The topological polar surface area (TPSA) is 15.3 Å². The van der Waals surface area contributed by atoms with Crippen molar-refractivity contribution < 1.29 is 0 Å². The Labute approximate surface area is 120 Å². The molecule has 1 unspecified atom stereocenters. The van der Waals surface area contributed by atoms with E-state index >= 15 is 0 Å². The molecule has 1 atom stereocenters. The van der Waals surface area contributed by atoms with Crippen molar-refractivity contribution in [3.8, 4) is 0 Å². The highest BCUT2D eigenvalue weighted by Gasteiger charge is 2.10. The third kappa shape index (κ3) is 4.77. The van der Waals surface area contributed by atoms with Gasteiger partial charge in [-0.1, -0.05) is 23.2 Å². The van der Waals surface area contributed by atoms with E-state index in [9.17, 15) is 0 Å². The first-order chi connectivity index (χ1) is 8.41. The minimum Gasteiger partial charge on any atom is -0.309 e. The van der Waals surface area contributed by atoms with E-state index in [0.29, 0.717) is 6.04 Å². The zero-order valence-electron chi connectivity index (χ0n) is 11.5. The average molecular weight is 289 g/mol.